The predicted molar refractivity (Wildman–Crippen MR) is 114 cm³/mol. The molecule has 1 aliphatic heterocycles. The molecular formula is C24H32N2O2. The molecular weight excluding hydrogens is 348 g/mol. The molecule has 0 aliphatic carbocycles. The Hall–Kier alpha value is -2.33. The molecule has 1 amide bonds. The monoisotopic (exact) mass is 380 g/mol. The molecule has 0 spiro atoms. The van der Waals surface area contributed by atoms with E-state index in [1.54, 1.807) is 0 Å². The van der Waals surface area contributed by atoms with Crippen LogP contribution in [0.3, 0.4) is 0 Å². The first-order valence-corrected chi connectivity index (χ1v) is 10.3. The smallest absolute Gasteiger partial charge is 0.258 e. The summed E-state index contributed by atoms with van der Waals surface area (Å²) in [5.41, 5.74) is 4.63. The first-order valence-electron chi connectivity index (χ1n) is 10.3. The summed E-state index contributed by atoms with van der Waals surface area (Å²) >= 11 is 0. The number of hydrogen-bond donors (Lipinski definition) is 1. The van der Waals surface area contributed by atoms with Crippen molar-refractivity contribution in [2.24, 2.45) is 0 Å². The van der Waals surface area contributed by atoms with Crippen molar-refractivity contribution in [1.82, 2.24) is 10.2 Å². The third-order valence-corrected chi connectivity index (χ3v) is 5.54. The third-order valence-electron chi connectivity index (χ3n) is 5.54. The number of carbonyl (C=O) groups is 1. The Morgan fingerprint density at radius 3 is 2.29 bits per heavy atom. The topological polar surface area (TPSA) is 41.6 Å². The van der Waals surface area contributed by atoms with Gasteiger partial charge in [0.25, 0.3) is 5.91 Å². The number of nitrogens with one attached hydrogen (secondary N) is 1. The Kier molecular flexibility index (Phi) is 7.10. The average Bonchev–Trinajstić information content (AvgIpc) is 2.70. The molecule has 3 rings (SSSR count). The Bertz CT molecular complexity index is 759. The van der Waals surface area contributed by atoms with Crippen molar-refractivity contribution in [3.05, 3.63) is 64.7 Å². The van der Waals surface area contributed by atoms with Gasteiger partial charge in [-0.3, -0.25) is 9.69 Å². The van der Waals surface area contributed by atoms with Crippen molar-refractivity contribution < 1.29 is 9.53 Å². The maximum Gasteiger partial charge on any atom is 0.258 e. The highest BCUT2D eigenvalue weighted by Crippen LogP contribution is 2.25. The molecule has 4 heteroatoms. The van der Waals surface area contributed by atoms with Crippen LogP contribution in [0, 0.1) is 20.8 Å². The van der Waals surface area contributed by atoms with Gasteiger partial charge in [0.2, 0.25) is 0 Å². The van der Waals surface area contributed by atoms with Crippen LogP contribution in [0.1, 0.15) is 47.6 Å². The van der Waals surface area contributed by atoms with Crippen molar-refractivity contribution in [2.75, 3.05) is 26.2 Å². The molecule has 1 fully saturated rings. The van der Waals surface area contributed by atoms with E-state index in [2.05, 4.69) is 41.4 Å². The molecule has 0 unspecified atom stereocenters. The Labute approximate surface area is 168 Å². The number of rotatable bonds is 7. The van der Waals surface area contributed by atoms with E-state index in [1.165, 1.54) is 30.4 Å². The Morgan fingerprint density at radius 2 is 1.64 bits per heavy atom. The Morgan fingerprint density at radius 1 is 1.00 bits per heavy atom. The Balaban J connectivity index is 1.60. The lowest BCUT2D eigenvalue weighted by molar-refractivity contribution is -0.123. The van der Waals surface area contributed by atoms with E-state index in [1.807, 2.05) is 32.0 Å². The summed E-state index contributed by atoms with van der Waals surface area (Å²) < 4.78 is 5.80. The molecule has 150 valence electrons. The molecule has 1 N–H and O–H groups in total. The lowest BCUT2D eigenvalue weighted by Crippen LogP contribution is -2.41. The normalized spacial score (nSPS) is 15.8. The molecule has 2 aromatic rings. The van der Waals surface area contributed by atoms with Crippen LogP contribution in [0.4, 0.5) is 0 Å². The van der Waals surface area contributed by atoms with Crippen LogP contribution in [-0.2, 0) is 4.79 Å². The summed E-state index contributed by atoms with van der Waals surface area (Å²) in [5.74, 6) is 0.737. The predicted octanol–water partition coefficient (Wildman–Crippen LogP) is 4.33. The van der Waals surface area contributed by atoms with E-state index in [-0.39, 0.29) is 18.6 Å². The van der Waals surface area contributed by atoms with Crippen LogP contribution in [0.2, 0.25) is 0 Å². The molecule has 2 aromatic carbocycles. The van der Waals surface area contributed by atoms with Crippen LogP contribution >= 0.6 is 0 Å². The number of piperidine rings is 1. The van der Waals surface area contributed by atoms with Gasteiger partial charge in [-0.1, -0.05) is 54.4 Å². The van der Waals surface area contributed by atoms with Crippen LogP contribution in [-0.4, -0.2) is 37.0 Å². The number of ether oxygens (including phenoxy) is 1. The minimum Gasteiger partial charge on any atom is -0.483 e. The summed E-state index contributed by atoms with van der Waals surface area (Å²) in [6.07, 6.45) is 3.76. The summed E-state index contributed by atoms with van der Waals surface area (Å²) in [7, 11) is 0. The number of para-hydroxylation sites is 1. The highest BCUT2D eigenvalue weighted by molar-refractivity contribution is 5.77. The number of amides is 1. The zero-order valence-corrected chi connectivity index (χ0v) is 17.3. The summed E-state index contributed by atoms with van der Waals surface area (Å²) in [4.78, 5) is 15.0. The third kappa shape index (κ3) is 5.35. The molecule has 1 aliphatic rings. The average molecular weight is 381 g/mol. The van der Waals surface area contributed by atoms with Crippen molar-refractivity contribution in [3.8, 4) is 5.75 Å². The van der Waals surface area contributed by atoms with Crippen LogP contribution in [0.5, 0.6) is 5.75 Å². The van der Waals surface area contributed by atoms with Gasteiger partial charge in [-0.05, 0) is 63.4 Å². The fourth-order valence-electron chi connectivity index (χ4n) is 3.90. The fourth-order valence-corrected chi connectivity index (χ4v) is 3.90. The largest absolute Gasteiger partial charge is 0.483 e. The molecule has 1 heterocycles. The highest BCUT2D eigenvalue weighted by Gasteiger charge is 2.23. The van der Waals surface area contributed by atoms with Crippen molar-refractivity contribution in [2.45, 2.75) is 46.1 Å². The first-order chi connectivity index (χ1) is 13.5. The van der Waals surface area contributed by atoms with Gasteiger partial charge in [-0.15, -0.1) is 0 Å². The van der Waals surface area contributed by atoms with Gasteiger partial charge in [0.05, 0.1) is 6.04 Å². The number of likely N-dealkylation sites (tertiary alicyclic amines) is 1. The van der Waals surface area contributed by atoms with E-state index >= 15 is 0 Å². The van der Waals surface area contributed by atoms with Gasteiger partial charge in [0, 0.05) is 6.54 Å². The highest BCUT2D eigenvalue weighted by atomic mass is 16.5. The maximum absolute atomic E-state index is 12.5. The molecule has 1 atom stereocenters. The summed E-state index contributed by atoms with van der Waals surface area (Å²) in [6.45, 7) is 8.95. The van der Waals surface area contributed by atoms with Crippen LogP contribution < -0.4 is 10.1 Å². The van der Waals surface area contributed by atoms with Gasteiger partial charge < -0.3 is 10.1 Å². The lowest BCUT2D eigenvalue weighted by Gasteiger charge is -2.35. The van der Waals surface area contributed by atoms with E-state index < -0.39 is 0 Å². The van der Waals surface area contributed by atoms with Gasteiger partial charge in [0.15, 0.2) is 6.61 Å². The molecule has 1 saturated heterocycles. The summed E-state index contributed by atoms with van der Waals surface area (Å²) in [6, 6.07) is 14.9. The SMILES string of the molecule is Cc1ccc([C@H](CNC(=O)COc2c(C)cccc2C)N2CCCCC2)cc1. The molecule has 0 saturated carbocycles. The second kappa shape index (κ2) is 9.74. The second-order valence-corrected chi connectivity index (χ2v) is 7.84. The van der Waals surface area contributed by atoms with Crippen molar-refractivity contribution >= 4 is 5.91 Å². The second-order valence-electron chi connectivity index (χ2n) is 7.84. The number of benzene rings is 2. The lowest BCUT2D eigenvalue weighted by atomic mass is 10.0. The number of aryl methyl sites for hydroxylation is 3. The molecule has 0 radical (unpaired) electrons. The molecule has 28 heavy (non-hydrogen) atoms. The van der Waals surface area contributed by atoms with E-state index in [0.29, 0.717) is 6.54 Å². The quantitative estimate of drug-likeness (QED) is 0.777. The molecule has 4 nitrogen and oxygen atoms in total. The minimum absolute atomic E-state index is 0.0479. The van der Waals surface area contributed by atoms with Crippen molar-refractivity contribution in [1.29, 1.82) is 0 Å². The fraction of sp³-hybridized carbons (Fsp3) is 0.458. The van der Waals surface area contributed by atoms with Crippen molar-refractivity contribution in [3.63, 3.8) is 0 Å². The van der Waals surface area contributed by atoms with E-state index in [0.717, 1.165) is 30.0 Å². The van der Waals surface area contributed by atoms with Crippen LogP contribution in [0.15, 0.2) is 42.5 Å². The standard InChI is InChI=1S/C24H32N2O2/c1-18-10-12-21(13-11-18)22(26-14-5-4-6-15-26)16-25-23(27)17-28-24-19(2)8-7-9-20(24)3/h7-13,22H,4-6,14-17H2,1-3H3,(H,25,27)/t22-/m0/s1. The number of carbonyl (C=O) groups excluding carboxylic acids is 1. The number of nitrogens with zero attached hydrogens (tertiary/aromatic N) is 1. The van der Waals surface area contributed by atoms with E-state index in [4.69, 9.17) is 4.74 Å². The first kappa shape index (κ1) is 20.4. The van der Waals surface area contributed by atoms with Gasteiger partial charge in [-0.2, -0.15) is 0 Å². The zero-order valence-electron chi connectivity index (χ0n) is 17.3. The molecule has 0 aromatic heterocycles. The van der Waals surface area contributed by atoms with Crippen LogP contribution in [0.25, 0.3) is 0 Å². The number of hydrogen-bond acceptors (Lipinski definition) is 3. The summed E-state index contributed by atoms with van der Waals surface area (Å²) in [5, 5.41) is 3.10. The molecule has 0 bridgehead atoms. The van der Waals surface area contributed by atoms with Gasteiger partial charge in [0.1, 0.15) is 5.75 Å². The minimum atomic E-state index is -0.0724. The zero-order chi connectivity index (χ0) is 19.9. The maximum atomic E-state index is 12.5. The van der Waals surface area contributed by atoms with E-state index in [9.17, 15) is 4.79 Å². The van der Waals surface area contributed by atoms with Gasteiger partial charge in [-0.25, -0.2) is 0 Å². The van der Waals surface area contributed by atoms with Gasteiger partial charge >= 0.3 is 0 Å².